The number of hydrogen-bond donors (Lipinski definition) is 3. The van der Waals surface area contributed by atoms with Crippen molar-refractivity contribution < 1.29 is 32.9 Å². The Kier molecular flexibility index (Phi) is 6.39. The Morgan fingerprint density at radius 3 is 2.71 bits per heavy atom. The molecule has 124 valence electrons. The first-order valence-electron chi connectivity index (χ1n) is 6.61. The molecule has 1 aliphatic heterocycles. The summed E-state index contributed by atoms with van der Waals surface area (Å²) in [6, 6.07) is 0. The Balaban J connectivity index is 2.42. The van der Waals surface area contributed by atoms with Crippen LogP contribution in [0, 0.1) is 0 Å². The lowest BCUT2D eigenvalue weighted by molar-refractivity contribution is -0.150. The lowest BCUT2D eigenvalue weighted by atomic mass is 9.88. The van der Waals surface area contributed by atoms with E-state index in [4.69, 9.17) is 0 Å². The number of β-amino-alcohol motifs (C(OH)–C–C–N with tert-alkyl or cyclic N) is 1. The first-order valence-corrected chi connectivity index (χ1v) is 6.61. The van der Waals surface area contributed by atoms with Gasteiger partial charge >= 0.3 is 6.18 Å². The van der Waals surface area contributed by atoms with Crippen LogP contribution in [0.4, 0.5) is 13.2 Å². The summed E-state index contributed by atoms with van der Waals surface area (Å²) in [6.45, 7) is -0.378. The predicted molar refractivity (Wildman–Crippen MR) is 67.6 cm³/mol. The number of rotatable bonds is 6. The van der Waals surface area contributed by atoms with E-state index in [0.717, 1.165) is 0 Å². The van der Waals surface area contributed by atoms with Crippen molar-refractivity contribution in [2.45, 2.75) is 30.7 Å². The van der Waals surface area contributed by atoms with Gasteiger partial charge in [0.25, 0.3) is 0 Å². The molecule has 2 atom stereocenters. The normalized spacial score (nSPS) is 27.6. The van der Waals surface area contributed by atoms with E-state index in [9.17, 15) is 28.2 Å². The summed E-state index contributed by atoms with van der Waals surface area (Å²) in [5, 5.41) is 22.6. The number of aliphatic hydroxyl groups excluding tert-OH is 1. The van der Waals surface area contributed by atoms with Gasteiger partial charge in [0.1, 0.15) is 12.2 Å². The highest BCUT2D eigenvalue weighted by molar-refractivity contribution is 5.77. The minimum absolute atomic E-state index is 0.0628. The van der Waals surface area contributed by atoms with Gasteiger partial charge in [-0.3, -0.25) is 4.79 Å². The maximum absolute atomic E-state index is 12.1. The molecule has 0 aliphatic carbocycles. The molecule has 6 nitrogen and oxygen atoms in total. The first-order chi connectivity index (χ1) is 9.66. The van der Waals surface area contributed by atoms with Gasteiger partial charge in [0.05, 0.1) is 12.5 Å². The summed E-state index contributed by atoms with van der Waals surface area (Å²) < 4.78 is 41.0. The third-order valence-corrected chi connectivity index (χ3v) is 3.49. The molecule has 0 aromatic rings. The van der Waals surface area contributed by atoms with Crippen molar-refractivity contribution in [2.24, 2.45) is 0 Å². The zero-order chi connectivity index (χ0) is 16.1. The third-order valence-electron chi connectivity index (χ3n) is 3.49. The van der Waals surface area contributed by atoms with Gasteiger partial charge in [-0.05, 0) is 6.42 Å². The van der Waals surface area contributed by atoms with Gasteiger partial charge in [-0.15, -0.1) is 0 Å². The number of alkyl halides is 3. The lowest BCUT2D eigenvalue weighted by Gasteiger charge is -2.42. The van der Waals surface area contributed by atoms with Crippen molar-refractivity contribution in [1.82, 2.24) is 10.2 Å². The lowest BCUT2D eigenvalue weighted by Crippen LogP contribution is -2.60. The van der Waals surface area contributed by atoms with Crippen LogP contribution >= 0.6 is 0 Å². The SMILES string of the molecule is COCC(=O)NC[C@]1(O)CCN(CCC(F)(F)F)C[C@H]1O. The number of halogens is 3. The van der Waals surface area contributed by atoms with Gasteiger partial charge in [0.2, 0.25) is 5.91 Å². The van der Waals surface area contributed by atoms with Crippen LogP contribution in [0.1, 0.15) is 12.8 Å². The topological polar surface area (TPSA) is 82.0 Å². The van der Waals surface area contributed by atoms with Gasteiger partial charge < -0.3 is 25.2 Å². The van der Waals surface area contributed by atoms with Crippen LogP contribution in [0.25, 0.3) is 0 Å². The Morgan fingerprint density at radius 1 is 1.52 bits per heavy atom. The number of methoxy groups -OCH3 is 1. The quantitative estimate of drug-likeness (QED) is 0.616. The second-order valence-corrected chi connectivity index (χ2v) is 5.24. The smallest absolute Gasteiger partial charge is 0.389 e. The zero-order valence-electron chi connectivity index (χ0n) is 11.8. The van der Waals surface area contributed by atoms with Crippen molar-refractivity contribution in [1.29, 1.82) is 0 Å². The fraction of sp³-hybridized carbons (Fsp3) is 0.917. The molecular formula is C12H21F3N2O4. The molecule has 0 radical (unpaired) electrons. The van der Waals surface area contributed by atoms with Gasteiger partial charge in [-0.1, -0.05) is 0 Å². The third kappa shape index (κ3) is 6.16. The summed E-state index contributed by atoms with van der Waals surface area (Å²) in [5.41, 5.74) is -1.53. The molecule has 0 unspecified atom stereocenters. The molecule has 1 heterocycles. The summed E-state index contributed by atoms with van der Waals surface area (Å²) in [6.07, 6.45) is -6.34. The molecule has 0 aromatic heterocycles. The van der Waals surface area contributed by atoms with Crippen LogP contribution < -0.4 is 5.32 Å². The Morgan fingerprint density at radius 2 is 2.19 bits per heavy atom. The van der Waals surface area contributed by atoms with Crippen LogP contribution in [-0.4, -0.2) is 78.8 Å². The van der Waals surface area contributed by atoms with Gasteiger partial charge in [0, 0.05) is 33.3 Å². The van der Waals surface area contributed by atoms with E-state index >= 15 is 0 Å². The number of nitrogens with zero attached hydrogens (tertiary/aromatic N) is 1. The van der Waals surface area contributed by atoms with E-state index in [0.29, 0.717) is 0 Å². The summed E-state index contributed by atoms with van der Waals surface area (Å²) >= 11 is 0. The monoisotopic (exact) mass is 314 g/mol. The van der Waals surface area contributed by atoms with Crippen molar-refractivity contribution >= 4 is 5.91 Å². The van der Waals surface area contributed by atoms with Crippen LogP contribution in [0.15, 0.2) is 0 Å². The number of aliphatic hydroxyl groups is 2. The van der Waals surface area contributed by atoms with Crippen LogP contribution in [0.3, 0.4) is 0 Å². The average molecular weight is 314 g/mol. The van der Waals surface area contributed by atoms with Crippen LogP contribution in [0.5, 0.6) is 0 Å². The van der Waals surface area contributed by atoms with Crippen molar-refractivity contribution in [3.05, 3.63) is 0 Å². The first kappa shape index (κ1) is 18.1. The molecule has 21 heavy (non-hydrogen) atoms. The number of carbonyl (C=O) groups is 1. The number of ether oxygens (including phenoxy) is 1. The molecule has 0 saturated carbocycles. The van der Waals surface area contributed by atoms with Crippen molar-refractivity contribution in [2.75, 3.05) is 39.9 Å². The molecule has 1 aliphatic rings. The minimum atomic E-state index is -4.24. The van der Waals surface area contributed by atoms with Crippen LogP contribution in [-0.2, 0) is 9.53 Å². The molecule has 1 fully saturated rings. The number of piperidine rings is 1. The maximum Gasteiger partial charge on any atom is 0.390 e. The van der Waals surface area contributed by atoms with Gasteiger partial charge in [-0.25, -0.2) is 0 Å². The Hall–Kier alpha value is -0.900. The molecule has 9 heteroatoms. The van der Waals surface area contributed by atoms with E-state index in [-0.39, 0.29) is 39.2 Å². The molecule has 0 aromatic carbocycles. The minimum Gasteiger partial charge on any atom is -0.389 e. The van der Waals surface area contributed by atoms with Crippen LogP contribution in [0.2, 0.25) is 0 Å². The predicted octanol–water partition coefficient (Wildman–Crippen LogP) is -0.501. The molecule has 0 spiro atoms. The van der Waals surface area contributed by atoms with Crippen molar-refractivity contribution in [3.63, 3.8) is 0 Å². The van der Waals surface area contributed by atoms with Crippen molar-refractivity contribution in [3.8, 4) is 0 Å². The maximum atomic E-state index is 12.1. The Labute approximate surface area is 120 Å². The summed E-state index contributed by atoms with van der Waals surface area (Å²) in [4.78, 5) is 12.7. The summed E-state index contributed by atoms with van der Waals surface area (Å²) in [5.74, 6) is -0.433. The van der Waals surface area contributed by atoms with E-state index in [2.05, 4.69) is 10.1 Å². The molecule has 1 saturated heterocycles. The largest absolute Gasteiger partial charge is 0.390 e. The molecular weight excluding hydrogens is 293 g/mol. The second-order valence-electron chi connectivity index (χ2n) is 5.24. The zero-order valence-corrected chi connectivity index (χ0v) is 11.8. The molecule has 1 amide bonds. The number of hydrogen-bond acceptors (Lipinski definition) is 5. The fourth-order valence-corrected chi connectivity index (χ4v) is 2.15. The van der Waals surface area contributed by atoms with Gasteiger partial charge in [0.15, 0.2) is 0 Å². The molecule has 3 N–H and O–H groups in total. The summed E-state index contributed by atoms with van der Waals surface area (Å²) in [7, 11) is 1.35. The number of amides is 1. The standard InChI is InChI=1S/C12H21F3N2O4/c1-21-7-10(19)16-8-11(20)2-4-17(6-9(11)18)5-3-12(13,14)15/h9,18,20H,2-8H2,1H3,(H,16,19)/t9-,11-/m1/s1. The fourth-order valence-electron chi connectivity index (χ4n) is 2.15. The van der Waals surface area contributed by atoms with Gasteiger partial charge in [-0.2, -0.15) is 13.2 Å². The number of nitrogens with one attached hydrogen (secondary N) is 1. The molecule has 1 rings (SSSR count). The van der Waals surface area contributed by atoms with E-state index in [1.54, 1.807) is 0 Å². The average Bonchev–Trinajstić information content (AvgIpc) is 2.38. The van der Waals surface area contributed by atoms with E-state index in [1.165, 1.54) is 12.0 Å². The number of likely N-dealkylation sites (tertiary alicyclic amines) is 1. The molecule has 0 bridgehead atoms. The second kappa shape index (κ2) is 7.39. The highest BCUT2D eigenvalue weighted by Crippen LogP contribution is 2.25. The van der Waals surface area contributed by atoms with E-state index in [1.807, 2.05) is 0 Å². The highest BCUT2D eigenvalue weighted by Gasteiger charge is 2.41. The van der Waals surface area contributed by atoms with E-state index < -0.39 is 30.2 Å². The number of carbonyl (C=O) groups excluding carboxylic acids is 1. The Bertz CT molecular complexity index is 354. The highest BCUT2D eigenvalue weighted by atomic mass is 19.4.